The summed E-state index contributed by atoms with van der Waals surface area (Å²) in [4.78, 5) is 0. The van der Waals surface area contributed by atoms with E-state index in [1.165, 1.54) is 6.07 Å². The predicted molar refractivity (Wildman–Crippen MR) is 82.3 cm³/mol. The van der Waals surface area contributed by atoms with Gasteiger partial charge in [-0.05, 0) is 54.0 Å². The first-order valence-electron chi connectivity index (χ1n) is 6.55. The molecule has 0 aliphatic heterocycles. The molecule has 108 valence electrons. The predicted octanol–water partition coefficient (Wildman–Crippen LogP) is 3.44. The van der Waals surface area contributed by atoms with Gasteiger partial charge in [0.1, 0.15) is 5.82 Å². The second-order valence-electron chi connectivity index (χ2n) is 5.02. The number of aryl methyl sites for hydroxylation is 3. The maximum absolute atomic E-state index is 13.4. The minimum Gasteiger partial charge on any atom is -0.313 e. The van der Waals surface area contributed by atoms with Gasteiger partial charge < -0.3 is 5.32 Å². The molecule has 0 saturated heterocycles. The minimum absolute atomic E-state index is 0.125. The van der Waals surface area contributed by atoms with Crippen LogP contribution in [0.15, 0.2) is 22.7 Å². The Morgan fingerprint density at radius 3 is 2.60 bits per heavy atom. The smallest absolute Gasteiger partial charge is 0.126 e. The number of benzene rings is 1. The number of nitrogens with zero attached hydrogens (tertiary/aromatic N) is 2. The average Bonchev–Trinajstić information content (AvgIpc) is 2.65. The lowest BCUT2D eigenvalue weighted by atomic mass is 10.00. The normalized spacial score (nSPS) is 12.7. The van der Waals surface area contributed by atoms with E-state index >= 15 is 0 Å². The molecular formula is C15H19BrFN3. The highest BCUT2D eigenvalue weighted by Gasteiger charge is 2.17. The van der Waals surface area contributed by atoms with Gasteiger partial charge in [-0.1, -0.05) is 12.1 Å². The fourth-order valence-electron chi connectivity index (χ4n) is 2.37. The fraction of sp³-hybridized carbons (Fsp3) is 0.400. The number of rotatable bonds is 4. The Morgan fingerprint density at radius 1 is 1.40 bits per heavy atom. The summed E-state index contributed by atoms with van der Waals surface area (Å²) in [6, 6.07) is 5.38. The molecule has 3 nitrogen and oxygen atoms in total. The van der Waals surface area contributed by atoms with E-state index in [2.05, 4.69) is 26.3 Å². The molecule has 1 aromatic heterocycles. The molecule has 1 atom stereocenters. The van der Waals surface area contributed by atoms with Crippen molar-refractivity contribution >= 4 is 15.9 Å². The van der Waals surface area contributed by atoms with E-state index in [0.29, 0.717) is 5.56 Å². The van der Waals surface area contributed by atoms with Gasteiger partial charge in [-0.25, -0.2) is 4.39 Å². The Balaban J connectivity index is 2.31. The molecule has 0 saturated carbocycles. The number of hydrogen-bond donors (Lipinski definition) is 1. The first-order valence-corrected chi connectivity index (χ1v) is 7.34. The largest absolute Gasteiger partial charge is 0.313 e. The zero-order valence-corrected chi connectivity index (χ0v) is 13.8. The van der Waals surface area contributed by atoms with Crippen LogP contribution in [0, 0.1) is 19.7 Å². The van der Waals surface area contributed by atoms with Crippen molar-refractivity contribution in [2.24, 2.45) is 7.05 Å². The van der Waals surface area contributed by atoms with Crippen LogP contribution in [0.25, 0.3) is 0 Å². The van der Waals surface area contributed by atoms with E-state index < -0.39 is 0 Å². The third-order valence-corrected chi connectivity index (χ3v) is 4.62. The second kappa shape index (κ2) is 6.06. The number of hydrogen-bond acceptors (Lipinski definition) is 2. The van der Waals surface area contributed by atoms with Crippen LogP contribution < -0.4 is 5.32 Å². The monoisotopic (exact) mass is 339 g/mol. The molecule has 2 aromatic rings. The van der Waals surface area contributed by atoms with Gasteiger partial charge in [0.15, 0.2) is 0 Å². The third-order valence-electron chi connectivity index (χ3n) is 3.59. The first-order chi connectivity index (χ1) is 9.43. The van der Waals surface area contributed by atoms with Gasteiger partial charge in [0.05, 0.1) is 15.9 Å². The van der Waals surface area contributed by atoms with Crippen LogP contribution in [0.4, 0.5) is 4.39 Å². The van der Waals surface area contributed by atoms with Crippen molar-refractivity contribution in [1.29, 1.82) is 0 Å². The standard InChI is InChI=1S/C15H19BrFN3/c1-9-7-11(5-6-12(9)17)13(18-3)8-14-15(16)10(2)19-20(14)4/h5-7,13,18H,8H2,1-4H3. The number of aromatic nitrogens is 2. The highest BCUT2D eigenvalue weighted by atomic mass is 79.9. The zero-order valence-electron chi connectivity index (χ0n) is 12.2. The Morgan fingerprint density at radius 2 is 2.10 bits per heavy atom. The van der Waals surface area contributed by atoms with Crippen molar-refractivity contribution in [3.8, 4) is 0 Å². The lowest BCUT2D eigenvalue weighted by Gasteiger charge is -2.18. The summed E-state index contributed by atoms with van der Waals surface area (Å²) in [5, 5.41) is 7.70. The van der Waals surface area contributed by atoms with Crippen LogP contribution in [0.3, 0.4) is 0 Å². The second-order valence-corrected chi connectivity index (χ2v) is 5.82. The third kappa shape index (κ3) is 2.94. The van der Waals surface area contributed by atoms with Crippen LogP contribution in [0.2, 0.25) is 0 Å². The zero-order chi connectivity index (χ0) is 14.9. The molecule has 0 amide bonds. The summed E-state index contributed by atoms with van der Waals surface area (Å²) in [5.74, 6) is -0.166. The summed E-state index contributed by atoms with van der Waals surface area (Å²) in [6.45, 7) is 3.76. The molecular weight excluding hydrogens is 321 g/mol. The number of halogens is 2. The molecule has 20 heavy (non-hydrogen) atoms. The quantitative estimate of drug-likeness (QED) is 0.924. The molecule has 1 aromatic carbocycles. The molecule has 0 aliphatic rings. The Kier molecular flexibility index (Phi) is 4.60. The Hall–Kier alpha value is -1.20. The summed E-state index contributed by atoms with van der Waals surface area (Å²) in [6.07, 6.45) is 0.791. The summed E-state index contributed by atoms with van der Waals surface area (Å²) >= 11 is 3.59. The molecule has 1 heterocycles. The number of nitrogens with one attached hydrogen (secondary N) is 1. The molecule has 0 radical (unpaired) electrons. The highest BCUT2D eigenvalue weighted by molar-refractivity contribution is 9.10. The molecule has 0 spiro atoms. The van der Waals surface area contributed by atoms with Crippen molar-refractivity contribution in [2.75, 3.05) is 7.05 Å². The van der Waals surface area contributed by atoms with Crippen LogP contribution in [0.5, 0.6) is 0 Å². The molecule has 0 bridgehead atoms. The van der Waals surface area contributed by atoms with Gasteiger partial charge in [0.2, 0.25) is 0 Å². The lowest BCUT2D eigenvalue weighted by molar-refractivity contribution is 0.556. The first kappa shape index (κ1) is 15.2. The highest BCUT2D eigenvalue weighted by Crippen LogP contribution is 2.26. The summed E-state index contributed by atoms with van der Waals surface area (Å²) in [5.41, 5.74) is 3.86. The summed E-state index contributed by atoms with van der Waals surface area (Å²) < 4.78 is 16.3. The topological polar surface area (TPSA) is 29.9 Å². The van der Waals surface area contributed by atoms with Crippen molar-refractivity contribution in [3.05, 3.63) is 51.0 Å². The Labute approximate surface area is 127 Å². The van der Waals surface area contributed by atoms with Gasteiger partial charge in [-0.3, -0.25) is 4.68 Å². The maximum atomic E-state index is 13.4. The lowest BCUT2D eigenvalue weighted by Crippen LogP contribution is -2.20. The maximum Gasteiger partial charge on any atom is 0.126 e. The van der Waals surface area contributed by atoms with E-state index in [1.54, 1.807) is 6.92 Å². The van der Waals surface area contributed by atoms with Gasteiger partial charge >= 0.3 is 0 Å². The minimum atomic E-state index is -0.166. The molecule has 0 aliphatic carbocycles. The summed E-state index contributed by atoms with van der Waals surface area (Å²) in [7, 11) is 3.86. The Bertz CT molecular complexity index is 622. The van der Waals surface area contributed by atoms with E-state index in [1.807, 2.05) is 37.8 Å². The van der Waals surface area contributed by atoms with Crippen molar-refractivity contribution in [3.63, 3.8) is 0 Å². The van der Waals surface area contributed by atoms with E-state index in [0.717, 1.165) is 27.8 Å². The average molecular weight is 340 g/mol. The molecule has 5 heteroatoms. The van der Waals surface area contributed by atoms with E-state index in [-0.39, 0.29) is 11.9 Å². The SMILES string of the molecule is CNC(Cc1c(Br)c(C)nn1C)c1ccc(F)c(C)c1. The van der Waals surface area contributed by atoms with Crippen molar-refractivity contribution in [2.45, 2.75) is 26.3 Å². The van der Waals surface area contributed by atoms with Gasteiger partial charge in [-0.2, -0.15) is 5.10 Å². The number of likely N-dealkylation sites (N-methyl/N-ethyl adjacent to an activating group) is 1. The van der Waals surface area contributed by atoms with Crippen LogP contribution >= 0.6 is 15.9 Å². The van der Waals surface area contributed by atoms with Crippen LogP contribution in [-0.4, -0.2) is 16.8 Å². The van der Waals surface area contributed by atoms with E-state index in [4.69, 9.17) is 0 Å². The fourth-order valence-corrected chi connectivity index (χ4v) is 2.86. The molecule has 1 N–H and O–H groups in total. The van der Waals surface area contributed by atoms with Crippen molar-refractivity contribution < 1.29 is 4.39 Å². The van der Waals surface area contributed by atoms with Gasteiger partial charge in [-0.15, -0.1) is 0 Å². The van der Waals surface area contributed by atoms with Gasteiger partial charge in [0, 0.05) is 19.5 Å². The van der Waals surface area contributed by atoms with Crippen molar-refractivity contribution in [1.82, 2.24) is 15.1 Å². The molecule has 0 fully saturated rings. The van der Waals surface area contributed by atoms with E-state index in [9.17, 15) is 4.39 Å². The molecule has 2 rings (SSSR count). The molecule has 1 unspecified atom stereocenters. The van der Waals surface area contributed by atoms with Crippen LogP contribution in [-0.2, 0) is 13.5 Å². The van der Waals surface area contributed by atoms with Crippen LogP contribution in [0.1, 0.15) is 28.6 Å². The van der Waals surface area contributed by atoms with Gasteiger partial charge in [0.25, 0.3) is 0 Å².